The SMILES string of the molecule is CCN(C1CC1)C1(CN)CCC(OC)CC1. The molecule has 2 rings (SSSR count). The van der Waals surface area contributed by atoms with Crippen LogP contribution in [0.5, 0.6) is 0 Å². The van der Waals surface area contributed by atoms with Gasteiger partial charge in [0.2, 0.25) is 0 Å². The lowest BCUT2D eigenvalue weighted by Gasteiger charge is -2.47. The number of likely N-dealkylation sites (N-methyl/N-ethyl adjacent to an activating group) is 1. The Kier molecular flexibility index (Phi) is 3.88. The molecule has 0 aromatic carbocycles. The summed E-state index contributed by atoms with van der Waals surface area (Å²) in [5, 5.41) is 0. The van der Waals surface area contributed by atoms with Gasteiger partial charge in [0.1, 0.15) is 0 Å². The predicted octanol–water partition coefficient (Wildman–Crippen LogP) is 1.76. The van der Waals surface area contributed by atoms with Gasteiger partial charge in [-0.25, -0.2) is 0 Å². The van der Waals surface area contributed by atoms with Crippen molar-refractivity contribution in [3.8, 4) is 0 Å². The van der Waals surface area contributed by atoms with E-state index in [1.807, 2.05) is 7.11 Å². The summed E-state index contributed by atoms with van der Waals surface area (Å²) in [6.07, 6.45) is 8.01. The molecule has 0 radical (unpaired) electrons. The molecule has 3 nitrogen and oxygen atoms in total. The number of methoxy groups -OCH3 is 1. The monoisotopic (exact) mass is 226 g/mol. The van der Waals surface area contributed by atoms with E-state index in [1.165, 1.54) is 38.5 Å². The van der Waals surface area contributed by atoms with Crippen molar-refractivity contribution >= 4 is 0 Å². The Bertz CT molecular complexity index is 220. The number of hydrogen-bond donors (Lipinski definition) is 1. The minimum atomic E-state index is 0.283. The Balaban J connectivity index is 2.01. The predicted molar refractivity (Wildman–Crippen MR) is 66.5 cm³/mol. The molecule has 16 heavy (non-hydrogen) atoms. The van der Waals surface area contributed by atoms with Gasteiger partial charge in [-0.3, -0.25) is 4.90 Å². The van der Waals surface area contributed by atoms with E-state index >= 15 is 0 Å². The first-order valence-corrected chi connectivity index (χ1v) is 6.75. The van der Waals surface area contributed by atoms with Gasteiger partial charge >= 0.3 is 0 Å². The van der Waals surface area contributed by atoms with Gasteiger partial charge in [0, 0.05) is 25.2 Å². The molecular weight excluding hydrogens is 200 g/mol. The average Bonchev–Trinajstić information content (AvgIpc) is 3.15. The van der Waals surface area contributed by atoms with Crippen LogP contribution in [0, 0.1) is 0 Å². The fourth-order valence-electron chi connectivity index (χ4n) is 3.34. The quantitative estimate of drug-likeness (QED) is 0.776. The summed E-state index contributed by atoms with van der Waals surface area (Å²) in [6, 6.07) is 0.827. The van der Waals surface area contributed by atoms with Gasteiger partial charge in [0.05, 0.1) is 6.10 Å². The third kappa shape index (κ3) is 2.27. The maximum atomic E-state index is 6.08. The van der Waals surface area contributed by atoms with Gasteiger partial charge in [0.25, 0.3) is 0 Å². The smallest absolute Gasteiger partial charge is 0.0572 e. The van der Waals surface area contributed by atoms with Crippen molar-refractivity contribution in [2.75, 3.05) is 20.2 Å². The Hall–Kier alpha value is -0.120. The highest BCUT2D eigenvalue weighted by Gasteiger charge is 2.44. The molecule has 0 aliphatic heterocycles. The van der Waals surface area contributed by atoms with Crippen LogP contribution < -0.4 is 5.73 Å². The fraction of sp³-hybridized carbons (Fsp3) is 1.00. The summed E-state index contributed by atoms with van der Waals surface area (Å²) in [4.78, 5) is 2.68. The molecule has 0 saturated heterocycles. The molecule has 0 heterocycles. The van der Waals surface area contributed by atoms with Gasteiger partial charge in [-0.1, -0.05) is 6.92 Å². The molecule has 2 saturated carbocycles. The van der Waals surface area contributed by atoms with Gasteiger partial charge in [-0.2, -0.15) is 0 Å². The van der Waals surface area contributed by atoms with Crippen LogP contribution in [-0.4, -0.2) is 42.8 Å². The first-order chi connectivity index (χ1) is 7.75. The van der Waals surface area contributed by atoms with E-state index in [0.717, 1.165) is 19.1 Å². The summed E-state index contributed by atoms with van der Waals surface area (Å²) in [5.74, 6) is 0. The minimum absolute atomic E-state index is 0.283. The Labute approximate surface area is 99.3 Å². The molecule has 0 spiro atoms. The zero-order valence-electron chi connectivity index (χ0n) is 10.7. The van der Waals surface area contributed by atoms with Crippen molar-refractivity contribution in [2.45, 2.75) is 63.1 Å². The summed E-state index contributed by atoms with van der Waals surface area (Å²) in [7, 11) is 1.83. The zero-order chi connectivity index (χ0) is 11.6. The van der Waals surface area contributed by atoms with Crippen LogP contribution in [0.3, 0.4) is 0 Å². The molecule has 94 valence electrons. The fourth-order valence-corrected chi connectivity index (χ4v) is 3.34. The first kappa shape index (κ1) is 12.3. The van der Waals surface area contributed by atoms with Crippen molar-refractivity contribution in [3.63, 3.8) is 0 Å². The number of ether oxygens (including phenoxy) is 1. The highest BCUT2D eigenvalue weighted by molar-refractivity contribution is 5.01. The zero-order valence-corrected chi connectivity index (χ0v) is 10.7. The molecule has 0 aromatic heterocycles. The molecule has 0 unspecified atom stereocenters. The van der Waals surface area contributed by atoms with E-state index in [2.05, 4.69) is 11.8 Å². The van der Waals surface area contributed by atoms with Crippen LogP contribution >= 0.6 is 0 Å². The van der Waals surface area contributed by atoms with Crippen molar-refractivity contribution in [1.82, 2.24) is 4.90 Å². The van der Waals surface area contributed by atoms with E-state index in [-0.39, 0.29) is 5.54 Å². The highest BCUT2D eigenvalue weighted by Crippen LogP contribution is 2.40. The second kappa shape index (κ2) is 5.03. The maximum Gasteiger partial charge on any atom is 0.0572 e. The maximum absolute atomic E-state index is 6.08. The lowest BCUT2D eigenvalue weighted by Crippen LogP contribution is -2.57. The van der Waals surface area contributed by atoms with E-state index < -0.39 is 0 Å². The van der Waals surface area contributed by atoms with Crippen molar-refractivity contribution < 1.29 is 4.74 Å². The Morgan fingerprint density at radius 3 is 2.25 bits per heavy atom. The molecule has 2 aliphatic carbocycles. The molecule has 2 fully saturated rings. The molecule has 0 aromatic rings. The summed E-state index contributed by atoms with van der Waals surface area (Å²) < 4.78 is 5.46. The van der Waals surface area contributed by atoms with Gasteiger partial charge in [0.15, 0.2) is 0 Å². The number of nitrogens with two attached hydrogens (primary N) is 1. The van der Waals surface area contributed by atoms with Gasteiger partial charge < -0.3 is 10.5 Å². The van der Waals surface area contributed by atoms with Crippen molar-refractivity contribution in [2.24, 2.45) is 5.73 Å². The second-order valence-corrected chi connectivity index (χ2v) is 5.38. The van der Waals surface area contributed by atoms with E-state index in [4.69, 9.17) is 10.5 Å². The first-order valence-electron chi connectivity index (χ1n) is 6.75. The molecular formula is C13H26N2O. The molecule has 2 aliphatic rings. The number of rotatable bonds is 5. The topological polar surface area (TPSA) is 38.5 Å². The third-order valence-corrected chi connectivity index (χ3v) is 4.51. The molecule has 0 bridgehead atoms. The van der Waals surface area contributed by atoms with Crippen LogP contribution in [0.4, 0.5) is 0 Å². The van der Waals surface area contributed by atoms with Gasteiger partial charge in [-0.05, 0) is 45.1 Å². The standard InChI is InChI=1S/C13H26N2O/c1-3-15(11-4-5-11)13(10-14)8-6-12(16-2)7-9-13/h11-12H,3-10,14H2,1-2H3. The normalized spacial score (nSPS) is 35.6. The Morgan fingerprint density at radius 2 is 1.88 bits per heavy atom. The van der Waals surface area contributed by atoms with Crippen LogP contribution in [0.1, 0.15) is 45.4 Å². The van der Waals surface area contributed by atoms with Crippen molar-refractivity contribution in [1.29, 1.82) is 0 Å². The van der Waals surface area contributed by atoms with E-state index in [9.17, 15) is 0 Å². The molecule has 0 atom stereocenters. The molecule has 2 N–H and O–H groups in total. The molecule has 0 amide bonds. The highest BCUT2D eigenvalue weighted by atomic mass is 16.5. The average molecular weight is 226 g/mol. The van der Waals surface area contributed by atoms with Crippen molar-refractivity contribution in [3.05, 3.63) is 0 Å². The minimum Gasteiger partial charge on any atom is -0.381 e. The summed E-state index contributed by atoms with van der Waals surface area (Å²) in [5.41, 5.74) is 6.37. The van der Waals surface area contributed by atoms with Crippen LogP contribution in [0.25, 0.3) is 0 Å². The van der Waals surface area contributed by atoms with Crippen LogP contribution in [-0.2, 0) is 4.74 Å². The lowest BCUT2D eigenvalue weighted by atomic mass is 9.78. The number of nitrogens with zero attached hydrogens (tertiary/aromatic N) is 1. The van der Waals surface area contributed by atoms with Gasteiger partial charge in [-0.15, -0.1) is 0 Å². The van der Waals surface area contributed by atoms with E-state index in [1.54, 1.807) is 0 Å². The summed E-state index contributed by atoms with van der Waals surface area (Å²) in [6.45, 7) is 4.24. The van der Waals surface area contributed by atoms with Crippen LogP contribution in [0.15, 0.2) is 0 Å². The number of hydrogen-bond acceptors (Lipinski definition) is 3. The second-order valence-electron chi connectivity index (χ2n) is 5.38. The summed E-state index contributed by atoms with van der Waals surface area (Å²) >= 11 is 0. The lowest BCUT2D eigenvalue weighted by molar-refractivity contribution is -0.00864. The van der Waals surface area contributed by atoms with E-state index in [0.29, 0.717) is 6.10 Å². The van der Waals surface area contributed by atoms with Crippen LogP contribution in [0.2, 0.25) is 0 Å². The Morgan fingerprint density at radius 1 is 1.25 bits per heavy atom. The largest absolute Gasteiger partial charge is 0.381 e. The molecule has 3 heteroatoms. The third-order valence-electron chi connectivity index (χ3n) is 4.51.